The first-order chi connectivity index (χ1) is 33.5. The number of methoxy groups -OCH3 is 2. The second-order valence-corrected chi connectivity index (χ2v) is 21.9. The molecular formula is C50H74Cl2N6O13S2. The summed E-state index contributed by atoms with van der Waals surface area (Å²) in [4.78, 5) is 33.0. The van der Waals surface area contributed by atoms with E-state index in [1.165, 1.54) is 31.1 Å². The van der Waals surface area contributed by atoms with Crippen LogP contribution in [0.1, 0.15) is 59.1 Å². The molecule has 19 nitrogen and oxygen atoms in total. The summed E-state index contributed by atoms with van der Waals surface area (Å²) < 4.78 is 74.5. The lowest BCUT2D eigenvalue weighted by Crippen LogP contribution is -2.48. The first-order valence-corrected chi connectivity index (χ1v) is 26.2. The van der Waals surface area contributed by atoms with Crippen LogP contribution in [-0.2, 0) is 52.0 Å². The average Bonchev–Trinajstić information content (AvgIpc) is 3.32. The largest absolute Gasteiger partial charge is 0.497 e. The molecule has 2 aromatic carbocycles. The number of carboxylic acid groups (broad SMARTS) is 1. The molecular weight excluding hydrogens is 1030 g/mol. The number of nitrogens with zero attached hydrogens (tertiary/aromatic N) is 5. The number of carboxylic acids is 1. The Bertz CT molecular complexity index is 2520. The predicted octanol–water partition coefficient (Wildman–Crippen LogP) is 4.56. The fourth-order valence-electron chi connectivity index (χ4n) is 8.40. The van der Waals surface area contributed by atoms with E-state index in [2.05, 4.69) is 15.3 Å². The van der Waals surface area contributed by atoms with Crippen LogP contribution in [-0.4, -0.2) is 173 Å². The molecule has 0 saturated carbocycles. The normalized spacial score (nSPS) is 15.1. The number of hydrogen-bond donors (Lipinski definition) is 4. The predicted molar refractivity (Wildman–Crippen MR) is 282 cm³/mol. The molecule has 73 heavy (non-hydrogen) atoms. The maximum Gasteiger partial charge on any atom is 0.329 e. The number of rotatable bonds is 20. The molecule has 2 aliphatic heterocycles. The van der Waals surface area contributed by atoms with Gasteiger partial charge in [-0.25, -0.2) is 21.6 Å². The van der Waals surface area contributed by atoms with Gasteiger partial charge in [0.25, 0.3) is 0 Å². The van der Waals surface area contributed by atoms with Gasteiger partial charge < -0.3 is 44.5 Å². The maximum absolute atomic E-state index is 13.1. The molecule has 1 amide bonds. The summed E-state index contributed by atoms with van der Waals surface area (Å²) >= 11 is 0. The zero-order valence-corrected chi connectivity index (χ0v) is 46.3. The number of carbonyl (C=O) groups is 2. The van der Waals surface area contributed by atoms with Gasteiger partial charge in [-0.15, -0.1) is 24.8 Å². The molecule has 4 N–H and O–H groups in total. The summed E-state index contributed by atoms with van der Waals surface area (Å²) in [6.07, 6.45) is 10.9. The molecule has 0 radical (unpaired) electrons. The smallest absolute Gasteiger partial charge is 0.329 e. The highest BCUT2D eigenvalue weighted by Crippen LogP contribution is 2.30. The quantitative estimate of drug-likeness (QED) is 0.0887. The number of nitrogens with one attached hydrogen (secondary N) is 1. The molecule has 0 aliphatic carbocycles. The zero-order chi connectivity index (χ0) is 52.4. The van der Waals surface area contributed by atoms with Gasteiger partial charge in [0.2, 0.25) is 26.0 Å². The van der Waals surface area contributed by atoms with Crippen LogP contribution in [0, 0.1) is 27.7 Å². The van der Waals surface area contributed by atoms with Crippen molar-refractivity contribution in [3.63, 3.8) is 0 Å². The van der Waals surface area contributed by atoms with Gasteiger partial charge in [0, 0.05) is 77.9 Å². The number of carbonyl (C=O) groups excluding carboxylic acids is 1. The minimum absolute atomic E-state index is 0. The third kappa shape index (κ3) is 19.6. The SMILES string of the molecule is COc1cc(C)c(S(=O)(=O)N(C)CCOCC(=O)N2CCC(O)(Cc3ccncc3)CC2)c(C)c1.COc1cc(C)c(S(=O)(=O)N(C)CCOCC(=O)O)c(C)c1.Cl.Cl.OC1(Cc2ccncc2)CCNCC1. The van der Waals surface area contributed by atoms with Crippen molar-refractivity contribution in [2.45, 2.75) is 87.2 Å². The number of pyridine rings is 2. The summed E-state index contributed by atoms with van der Waals surface area (Å²) in [6.45, 7) is 9.34. The highest BCUT2D eigenvalue weighted by Gasteiger charge is 2.34. The Hall–Kier alpha value is -4.52. The van der Waals surface area contributed by atoms with Crippen molar-refractivity contribution >= 4 is 56.7 Å². The summed E-state index contributed by atoms with van der Waals surface area (Å²) in [5.74, 6) is -0.0472. The number of piperidine rings is 2. The van der Waals surface area contributed by atoms with E-state index in [1.807, 2.05) is 24.3 Å². The van der Waals surface area contributed by atoms with Crippen molar-refractivity contribution in [3.05, 3.63) is 107 Å². The fraction of sp³-hybridized carbons (Fsp3) is 0.520. The maximum atomic E-state index is 13.1. The van der Waals surface area contributed by atoms with Crippen molar-refractivity contribution in [2.24, 2.45) is 0 Å². The number of likely N-dealkylation sites (tertiary alicyclic amines) is 1. The lowest BCUT2D eigenvalue weighted by molar-refractivity contribution is -0.142. The average molecular weight is 1100 g/mol. The first kappa shape index (κ1) is 64.6. The molecule has 2 aromatic heterocycles. The van der Waals surface area contributed by atoms with Crippen LogP contribution in [0.5, 0.6) is 11.5 Å². The van der Waals surface area contributed by atoms with E-state index in [1.54, 1.807) is 88.8 Å². The summed E-state index contributed by atoms with van der Waals surface area (Å²) in [5.41, 5.74) is 3.25. The first-order valence-electron chi connectivity index (χ1n) is 23.4. The van der Waals surface area contributed by atoms with Crippen molar-refractivity contribution < 1.29 is 60.7 Å². The van der Waals surface area contributed by atoms with Crippen molar-refractivity contribution in [1.82, 2.24) is 28.8 Å². The van der Waals surface area contributed by atoms with Crippen LogP contribution in [0.25, 0.3) is 0 Å². The van der Waals surface area contributed by atoms with Crippen LogP contribution in [0.4, 0.5) is 0 Å². The second-order valence-electron chi connectivity index (χ2n) is 18.0. The van der Waals surface area contributed by atoms with Gasteiger partial charge in [-0.2, -0.15) is 8.61 Å². The van der Waals surface area contributed by atoms with Gasteiger partial charge >= 0.3 is 5.97 Å². The number of aromatic nitrogens is 2. The Morgan fingerprint density at radius 1 is 0.644 bits per heavy atom. The molecule has 4 aromatic rings. The van der Waals surface area contributed by atoms with Crippen LogP contribution in [0.2, 0.25) is 0 Å². The van der Waals surface area contributed by atoms with Gasteiger partial charge in [-0.3, -0.25) is 14.8 Å². The molecule has 2 saturated heterocycles. The fourth-order valence-corrected chi connectivity index (χ4v) is 11.5. The summed E-state index contributed by atoms with van der Waals surface area (Å²) in [6, 6.07) is 14.4. The third-order valence-corrected chi connectivity index (χ3v) is 16.7. The number of halogens is 2. The van der Waals surface area contributed by atoms with Crippen LogP contribution >= 0.6 is 24.8 Å². The minimum Gasteiger partial charge on any atom is -0.497 e. The third-order valence-electron chi connectivity index (χ3n) is 12.4. The molecule has 408 valence electrons. The number of ether oxygens (including phenoxy) is 4. The molecule has 0 atom stereocenters. The monoisotopic (exact) mass is 1100 g/mol. The number of aliphatic hydroxyl groups is 2. The van der Waals surface area contributed by atoms with E-state index in [4.69, 9.17) is 24.1 Å². The Labute approximate surface area is 443 Å². The van der Waals surface area contributed by atoms with E-state index in [0.29, 0.717) is 66.1 Å². The Balaban J connectivity index is 0.000000409. The molecule has 2 fully saturated rings. The highest BCUT2D eigenvalue weighted by molar-refractivity contribution is 7.89. The molecule has 0 bridgehead atoms. The molecule has 23 heteroatoms. The van der Waals surface area contributed by atoms with E-state index >= 15 is 0 Å². The topological polar surface area (TPSA) is 248 Å². The molecule has 2 aliphatic rings. The van der Waals surface area contributed by atoms with E-state index < -0.39 is 43.8 Å². The number of likely N-dealkylation sites (N-methyl/N-ethyl adjacent to an activating group) is 2. The van der Waals surface area contributed by atoms with Crippen LogP contribution in [0.15, 0.2) is 83.1 Å². The van der Waals surface area contributed by atoms with Gasteiger partial charge in [-0.05, 0) is 148 Å². The van der Waals surface area contributed by atoms with E-state index in [0.717, 1.165) is 42.2 Å². The highest BCUT2D eigenvalue weighted by atomic mass is 35.5. The van der Waals surface area contributed by atoms with Gasteiger partial charge in [0.15, 0.2) is 0 Å². The van der Waals surface area contributed by atoms with E-state index in [9.17, 15) is 36.6 Å². The number of aliphatic carboxylic acids is 1. The summed E-state index contributed by atoms with van der Waals surface area (Å²) in [7, 11) is -1.40. The minimum atomic E-state index is -3.71. The molecule has 0 spiro atoms. The van der Waals surface area contributed by atoms with E-state index in [-0.39, 0.29) is 73.4 Å². The summed E-state index contributed by atoms with van der Waals surface area (Å²) in [5, 5.41) is 32.9. The zero-order valence-electron chi connectivity index (χ0n) is 43.0. The number of sulfonamides is 2. The van der Waals surface area contributed by atoms with Crippen LogP contribution < -0.4 is 14.8 Å². The van der Waals surface area contributed by atoms with Gasteiger partial charge in [0.05, 0.1) is 48.4 Å². The van der Waals surface area contributed by atoms with Crippen molar-refractivity contribution in [2.75, 3.05) is 94.0 Å². The molecule has 6 rings (SSSR count). The molecule has 4 heterocycles. The van der Waals surface area contributed by atoms with Gasteiger partial charge in [0.1, 0.15) is 24.7 Å². The van der Waals surface area contributed by atoms with Crippen molar-refractivity contribution in [3.8, 4) is 11.5 Å². The lowest BCUT2D eigenvalue weighted by atomic mass is 9.85. The number of hydrogen-bond acceptors (Lipinski definition) is 15. The second kappa shape index (κ2) is 30.1. The lowest BCUT2D eigenvalue weighted by Gasteiger charge is -2.38. The molecule has 0 unspecified atom stereocenters. The number of amides is 1. The van der Waals surface area contributed by atoms with Crippen LogP contribution in [0.3, 0.4) is 0 Å². The number of benzene rings is 2. The number of aryl methyl sites for hydroxylation is 4. The standard InChI is InChI=1S/C25H35N3O6S.C14H21NO6S.C11H16N2O.2ClH/c1-19-15-22(33-4)16-20(2)24(19)35(31,32)27(3)13-14-34-18-23(29)28-11-7-25(30,8-12-28)17-21-5-9-26-10-6-21;1-10-7-12(20-4)8-11(2)14(10)22(18,19)15(3)5-6-21-9-13(16)17;14-11(3-7-13-8-4-11)9-10-1-5-12-6-2-10;;/h5-6,9-10,15-16,30H,7-8,11-14,17-18H2,1-4H3;7-8H,5-6,9H2,1-4H3,(H,16,17);1-2,5-6,13-14H,3-4,7-9H2;2*1H. The Kier molecular flexibility index (Phi) is 26.7. The Morgan fingerprint density at radius 3 is 1.36 bits per heavy atom. The van der Waals surface area contributed by atoms with Gasteiger partial charge in [-0.1, -0.05) is 0 Å². The van der Waals surface area contributed by atoms with Crippen molar-refractivity contribution in [1.29, 1.82) is 0 Å². The Morgan fingerprint density at radius 2 is 1.00 bits per heavy atom.